The van der Waals surface area contributed by atoms with Crippen molar-refractivity contribution in [3.63, 3.8) is 0 Å². The molecule has 1 aliphatic carbocycles. The number of ether oxygens (including phenoxy) is 2. The number of rotatable bonds is 6. The van der Waals surface area contributed by atoms with Crippen LogP contribution in [0.3, 0.4) is 0 Å². The number of aliphatic hydroxyl groups is 1. The average Bonchev–Trinajstić information content (AvgIpc) is 2.45. The number of hydrogen-bond acceptors (Lipinski definition) is 3. The fraction of sp³-hybridized carbons (Fsp3) is 0.647. The topological polar surface area (TPSA) is 38.7 Å². The molecule has 0 radical (unpaired) electrons. The molecule has 0 saturated heterocycles. The molecule has 0 fully saturated rings. The van der Waals surface area contributed by atoms with E-state index in [4.69, 9.17) is 9.47 Å². The summed E-state index contributed by atoms with van der Waals surface area (Å²) in [5, 5.41) is 10.7. The Bertz CT molecular complexity index is 424. The van der Waals surface area contributed by atoms with Gasteiger partial charge < -0.3 is 14.6 Å². The highest BCUT2D eigenvalue weighted by Gasteiger charge is 2.31. The predicted molar refractivity (Wildman–Crippen MR) is 79.8 cm³/mol. The third-order valence-electron chi connectivity index (χ3n) is 4.31. The lowest BCUT2D eigenvalue weighted by molar-refractivity contribution is -0.142. The first-order valence-electron chi connectivity index (χ1n) is 7.41. The quantitative estimate of drug-likeness (QED) is 0.812. The second-order valence-electron chi connectivity index (χ2n) is 6.09. The lowest BCUT2D eigenvalue weighted by Crippen LogP contribution is -2.34. The van der Waals surface area contributed by atoms with Crippen molar-refractivity contribution in [2.75, 3.05) is 14.2 Å². The lowest BCUT2D eigenvalue weighted by Gasteiger charge is -2.33. The Hall–Kier alpha value is -0.900. The first-order chi connectivity index (χ1) is 9.55. The summed E-state index contributed by atoms with van der Waals surface area (Å²) in [5.41, 5.74) is 2.08. The van der Waals surface area contributed by atoms with E-state index >= 15 is 0 Å². The molecule has 0 saturated carbocycles. The smallest absolute Gasteiger partial charge is 0.159 e. The summed E-state index contributed by atoms with van der Waals surface area (Å²) in [6, 6.07) is 8.62. The number of hydrogen-bond donors (Lipinski definition) is 1. The monoisotopic (exact) mass is 278 g/mol. The molecule has 2 rings (SSSR count). The van der Waals surface area contributed by atoms with Gasteiger partial charge in [-0.1, -0.05) is 24.3 Å². The van der Waals surface area contributed by atoms with Crippen LogP contribution in [0.15, 0.2) is 24.3 Å². The summed E-state index contributed by atoms with van der Waals surface area (Å²) < 4.78 is 10.4. The van der Waals surface area contributed by atoms with Crippen LogP contribution in [0.4, 0.5) is 0 Å². The summed E-state index contributed by atoms with van der Waals surface area (Å²) in [6.45, 7) is 1.88. The van der Waals surface area contributed by atoms with Crippen molar-refractivity contribution in [2.24, 2.45) is 0 Å². The molecule has 3 heteroatoms. The van der Waals surface area contributed by atoms with Crippen LogP contribution < -0.4 is 0 Å². The van der Waals surface area contributed by atoms with Gasteiger partial charge in [-0.15, -0.1) is 0 Å². The Morgan fingerprint density at radius 3 is 2.70 bits per heavy atom. The first kappa shape index (κ1) is 15.5. The molecular weight excluding hydrogens is 252 g/mol. The Morgan fingerprint density at radius 2 is 2.00 bits per heavy atom. The van der Waals surface area contributed by atoms with Crippen molar-refractivity contribution in [2.45, 2.75) is 56.8 Å². The zero-order chi connectivity index (χ0) is 14.6. The molecule has 2 unspecified atom stereocenters. The van der Waals surface area contributed by atoms with Crippen LogP contribution in [0, 0.1) is 0 Å². The molecule has 0 heterocycles. The normalized spacial score (nSPS) is 21.6. The maximum absolute atomic E-state index is 10.7. The minimum absolute atomic E-state index is 0.344. The highest BCUT2D eigenvalue weighted by molar-refractivity contribution is 5.32. The molecule has 0 aliphatic heterocycles. The van der Waals surface area contributed by atoms with Gasteiger partial charge in [0.2, 0.25) is 0 Å². The Labute approximate surface area is 121 Å². The molecule has 0 bridgehead atoms. The summed E-state index contributed by atoms with van der Waals surface area (Å²) in [5.74, 6) is 0.435. The first-order valence-corrected chi connectivity index (χ1v) is 7.41. The zero-order valence-electron chi connectivity index (χ0n) is 12.8. The van der Waals surface area contributed by atoms with Crippen molar-refractivity contribution >= 4 is 0 Å². The molecule has 112 valence electrons. The third-order valence-corrected chi connectivity index (χ3v) is 4.31. The summed E-state index contributed by atoms with van der Waals surface area (Å²) in [6.07, 6.45) is 4.43. The van der Waals surface area contributed by atoms with E-state index in [-0.39, 0.29) is 6.29 Å². The summed E-state index contributed by atoms with van der Waals surface area (Å²) >= 11 is 0. The highest BCUT2D eigenvalue weighted by atomic mass is 16.7. The van der Waals surface area contributed by atoms with Crippen molar-refractivity contribution in [3.05, 3.63) is 35.4 Å². The number of methoxy groups -OCH3 is 2. The van der Waals surface area contributed by atoms with Crippen molar-refractivity contribution in [1.82, 2.24) is 0 Å². The molecule has 20 heavy (non-hydrogen) atoms. The molecule has 1 N–H and O–H groups in total. The van der Waals surface area contributed by atoms with Crippen LogP contribution in [0.5, 0.6) is 0 Å². The summed E-state index contributed by atoms with van der Waals surface area (Å²) in [4.78, 5) is 0. The van der Waals surface area contributed by atoms with E-state index in [0.717, 1.165) is 19.3 Å². The Balaban J connectivity index is 2.06. The molecule has 1 aliphatic rings. The zero-order valence-corrected chi connectivity index (χ0v) is 12.8. The van der Waals surface area contributed by atoms with E-state index < -0.39 is 5.60 Å². The van der Waals surface area contributed by atoms with Gasteiger partial charge in [0.05, 0.1) is 5.60 Å². The van der Waals surface area contributed by atoms with E-state index in [1.807, 2.05) is 6.92 Å². The van der Waals surface area contributed by atoms with E-state index in [1.165, 1.54) is 17.5 Å². The minimum Gasteiger partial charge on any atom is -0.390 e. The van der Waals surface area contributed by atoms with Crippen LogP contribution in [-0.2, 0) is 15.9 Å². The number of benzene rings is 1. The van der Waals surface area contributed by atoms with Crippen LogP contribution in [0.2, 0.25) is 0 Å². The van der Waals surface area contributed by atoms with Crippen molar-refractivity contribution in [1.29, 1.82) is 0 Å². The largest absolute Gasteiger partial charge is 0.390 e. The fourth-order valence-electron chi connectivity index (χ4n) is 3.30. The maximum Gasteiger partial charge on any atom is 0.159 e. The molecular formula is C17H26O3. The second kappa shape index (κ2) is 6.70. The molecule has 1 aromatic carbocycles. The average molecular weight is 278 g/mol. The minimum atomic E-state index is -0.772. The molecule has 3 nitrogen and oxygen atoms in total. The van der Waals surface area contributed by atoms with Gasteiger partial charge in [-0.25, -0.2) is 0 Å². The number of aryl methyl sites for hydroxylation is 1. The van der Waals surface area contributed by atoms with Crippen molar-refractivity contribution in [3.8, 4) is 0 Å². The molecule has 0 spiro atoms. The fourth-order valence-corrected chi connectivity index (χ4v) is 3.30. The standard InChI is InChI=1S/C17H26O3/c1-17(18,12-16(19-2)20-3)11-14-9-6-8-13-7-4-5-10-15(13)14/h4-5,7,10,14,16,18H,6,8-9,11-12H2,1-3H3. The summed E-state index contributed by atoms with van der Waals surface area (Å²) in [7, 11) is 3.22. The molecule has 2 atom stereocenters. The van der Waals surface area contributed by atoms with Crippen LogP contribution >= 0.6 is 0 Å². The highest BCUT2D eigenvalue weighted by Crippen LogP contribution is 2.38. The van der Waals surface area contributed by atoms with E-state index in [1.54, 1.807) is 14.2 Å². The van der Waals surface area contributed by atoms with Crippen molar-refractivity contribution < 1.29 is 14.6 Å². The van der Waals surface area contributed by atoms with E-state index in [9.17, 15) is 5.11 Å². The SMILES string of the molecule is COC(CC(C)(O)CC1CCCc2ccccc21)OC. The number of fused-ring (bicyclic) bond motifs is 1. The van der Waals surface area contributed by atoms with Crippen LogP contribution in [0.1, 0.15) is 49.7 Å². The maximum atomic E-state index is 10.7. The van der Waals surface area contributed by atoms with Crippen LogP contribution in [0.25, 0.3) is 0 Å². The van der Waals surface area contributed by atoms with Gasteiger partial charge in [-0.2, -0.15) is 0 Å². The molecule has 0 aromatic heterocycles. The van der Waals surface area contributed by atoms with Gasteiger partial charge in [0, 0.05) is 20.6 Å². The Kier molecular flexibility index (Phi) is 5.19. The van der Waals surface area contributed by atoms with Gasteiger partial charge in [-0.05, 0) is 49.7 Å². The molecule has 1 aromatic rings. The van der Waals surface area contributed by atoms with Gasteiger partial charge in [0.15, 0.2) is 6.29 Å². The van der Waals surface area contributed by atoms with Gasteiger partial charge in [0.25, 0.3) is 0 Å². The second-order valence-corrected chi connectivity index (χ2v) is 6.09. The Morgan fingerprint density at radius 1 is 1.30 bits per heavy atom. The predicted octanol–water partition coefficient (Wildman–Crippen LogP) is 3.26. The van der Waals surface area contributed by atoms with Gasteiger partial charge >= 0.3 is 0 Å². The van der Waals surface area contributed by atoms with E-state index in [0.29, 0.717) is 12.3 Å². The van der Waals surface area contributed by atoms with Gasteiger partial charge in [0.1, 0.15) is 0 Å². The molecule has 0 amide bonds. The van der Waals surface area contributed by atoms with Gasteiger partial charge in [-0.3, -0.25) is 0 Å². The lowest BCUT2D eigenvalue weighted by atomic mass is 9.76. The van der Waals surface area contributed by atoms with Crippen LogP contribution in [-0.4, -0.2) is 31.2 Å². The third kappa shape index (κ3) is 3.81. The van der Waals surface area contributed by atoms with E-state index in [2.05, 4.69) is 24.3 Å².